The Labute approximate surface area is 116 Å². The summed E-state index contributed by atoms with van der Waals surface area (Å²) in [6, 6.07) is 8.28. The molecule has 19 heavy (non-hydrogen) atoms. The summed E-state index contributed by atoms with van der Waals surface area (Å²) in [5.74, 6) is 0.292. The van der Waals surface area contributed by atoms with Gasteiger partial charge in [0.05, 0.1) is 21.8 Å². The lowest BCUT2D eigenvalue weighted by molar-refractivity contribution is -0.119. The van der Waals surface area contributed by atoms with Crippen LogP contribution in [0.1, 0.15) is 23.8 Å². The molecule has 0 spiro atoms. The number of hydrogen-bond acceptors (Lipinski definition) is 4. The first kappa shape index (κ1) is 12.6. The average Bonchev–Trinajstić information content (AvgIpc) is 2.82. The predicted molar refractivity (Wildman–Crippen MR) is 77.2 cm³/mol. The third kappa shape index (κ3) is 2.77. The van der Waals surface area contributed by atoms with Crippen LogP contribution in [0, 0.1) is 0 Å². The SMILES string of the molecule is NC(=O)CN1CCC(c2nc3ccccc3s2)CC1. The zero-order valence-corrected chi connectivity index (χ0v) is 11.5. The number of thiazole rings is 1. The van der Waals surface area contributed by atoms with E-state index in [1.807, 2.05) is 6.07 Å². The van der Waals surface area contributed by atoms with Crippen LogP contribution in [0.25, 0.3) is 10.2 Å². The molecule has 2 N–H and O–H groups in total. The van der Waals surface area contributed by atoms with Crippen LogP contribution in [-0.2, 0) is 4.79 Å². The molecule has 3 rings (SSSR count). The fourth-order valence-electron chi connectivity index (χ4n) is 2.62. The highest BCUT2D eigenvalue weighted by molar-refractivity contribution is 7.18. The largest absolute Gasteiger partial charge is 0.369 e. The molecule has 1 aromatic heterocycles. The van der Waals surface area contributed by atoms with E-state index >= 15 is 0 Å². The zero-order chi connectivity index (χ0) is 13.2. The minimum Gasteiger partial charge on any atom is -0.369 e. The number of carbonyl (C=O) groups is 1. The molecular weight excluding hydrogens is 258 g/mol. The Hall–Kier alpha value is -1.46. The standard InChI is InChI=1S/C14H17N3OS/c15-13(18)9-17-7-5-10(6-8-17)14-16-11-3-1-2-4-12(11)19-14/h1-4,10H,5-9H2,(H2,15,18). The van der Waals surface area contributed by atoms with Crippen LogP contribution in [0.15, 0.2) is 24.3 Å². The number of piperidine rings is 1. The second-order valence-corrected chi connectivity index (χ2v) is 6.10. The van der Waals surface area contributed by atoms with Gasteiger partial charge in [0, 0.05) is 5.92 Å². The van der Waals surface area contributed by atoms with Crippen molar-refractivity contribution in [3.8, 4) is 0 Å². The van der Waals surface area contributed by atoms with Crippen LogP contribution in [0.2, 0.25) is 0 Å². The maximum atomic E-state index is 10.9. The van der Waals surface area contributed by atoms with Crippen LogP contribution >= 0.6 is 11.3 Å². The summed E-state index contributed by atoms with van der Waals surface area (Å²) in [7, 11) is 0. The topological polar surface area (TPSA) is 59.2 Å². The predicted octanol–water partition coefficient (Wildman–Crippen LogP) is 1.96. The monoisotopic (exact) mass is 275 g/mol. The number of para-hydroxylation sites is 1. The summed E-state index contributed by atoms with van der Waals surface area (Å²) in [4.78, 5) is 17.8. The number of nitrogens with two attached hydrogens (primary N) is 1. The number of benzene rings is 1. The van der Waals surface area contributed by atoms with Crippen molar-refractivity contribution in [2.45, 2.75) is 18.8 Å². The molecule has 1 saturated heterocycles. The molecule has 100 valence electrons. The van der Waals surface area contributed by atoms with Crippen molar-refractivity contribution in [1.29, 1.82) is 0 Å². The number of hydrogen-bond donors (Lipinski definition) is 1. The van der Waals surface area contributed by atoms with Crippen molar-refractivity contribution in [3.63, 3.8) is 0 Å². The van der Waals surface area contributed by atoms with Crippen molar-refractivity contribution >= 4 is 27.5 Å². The minimum absolute atomic E-state index is 0.238. The van der Waals surface area contributed by atoms with Gasteiger partial charge in [-0.3, -0.25) is 9.69 Å². The lowest BCUT2D eigenvalue weighted by Crippen LogP contribution is -2.39. The van der Waals surface area contributed by atoms with E-state index in [0.717, 1.165) is 31.4 Å². The van der Waals surface area contributed by atoms with Gasteiger partial charge >= 0.3 is 0 Å². The Kier molecular flexibility index (Phi) is 3.48. The van der Waals surface area contributed by atoms with Crippen LogP contribution in [0.4, 0.5) is 0 Å². The Balaban J connectivity index is 1.69. The third-order valence-corrected chi connectivity index (χ3v) is 4.83. The molecular formula is C14H17N3OS. The lowest BCUT2D eigenvalue weighted by Gasteiger charge is -2.29. The van der Waals surface area contributed by atoms with Crippen molar-refractivity contribution < 1.29 is 4.79 Å². The molecule has 1 aliphatic heterocycles. The van der Waals surface area contributed by atoms with E-state index in [1.54, 1.807) is 11.3 Å². The lowest BCUT2D eigenvalue weighted by atomic mass is 9.97. The Morgan fingerprint density at radius 1 is 1.37 bits per heavy atom. The van der Waals surface area contributed by atoms with Gasteiger partial charge in [-0.25, -0.2) is 4.98 Å². The molecule has 0 aliphatic carbocycles. The number of carbonyl (C=O) groups excluding carboxylic acids is 1. The molecule has 0 bridgehead atoms. The summed E-state index contributed by atoms with van der Waals surface area (Å²) in [6.45, 7) is 2.25. The van der Waals surface area contributed by atoms with Crippen molar-refractivity contribution in [2.24, 2.45) is 5.73 Å². The molecule has 5 heteroatoms. The van der Waals surface area contributed by atoms with Gasteiger partial charge in [-0.1, -0.05) is 12.1 Å². The summed E-state index contributed by atoms with van der Waals surface area (Å²) < 4.78 is 1.26. The zero-order valence-electron chi connectivity index (χ0n) is 10.7. The van der Waals surface area contributed by atoms with Crippen molar-refractivity contribution in [1.82, 2.24) is 9.88 Å². The van der Waals surface area contributed by atoms with Crippen LogP contribution in [-0.4, -0.2) is 35.4 Å². The number of fused-ring (bicyclic) bond motifs is 1. The van der Waals surface area contributed by atoms with Crippen molar-refractivity contribution in [2.75, 3.05) is 19.6 Å². The molecule has 2 aromatic rings. The summed E-state index contributed by atoms with van der Waals surface area (Å²) >= 11 is 1.80. The quantitative estimate of drug-likeness (QED) is 0.931. The van der Waals surface area contributed by atoms with Gasteiger partial charge in [0.1, 0.15) is 0 Å². The van der Waals surface area contributed by atoms with E-state index in [-0.39, 0.29) is 5.91 Å². The highest BCUT2D eigenvalue weighted by atomic mass is 32.1. The summed E-state index contributed by atoms with van der Waals surface area (Å²) in [6.07, 6.45) is 2.13. The van der Waals surface area contributed by atoms with Gasteiger partial charge in [-0.2, -0.15) is 0 Å². The maximum Gasteiger partial charge on any atom is 0.231 e. The van der Waals surface area contributed by atoms with Gasteiger partial charge in [0.15, 0.2) is 0 Å². The average molecular weight is 275 g/mol. The third-order valence-electron chi connectivity index (χ3n) is 3.63. The smallest absolute Gasteiger partial charge is 0.231 e. The molecule has 2 heterocycles. The Morgan fingerprint density at radius 3 is 2.79 bits per heavy atom. The fourth-order valence-corrected chi connectivity index (χ4v) is 3.76. The van der Waals surface area contributed by atoms with Gasteiger partial charge in [0.2, 0.25) is 5.91 Å². The number of primary amides is 1. The van der Waals surface area contributed by atoms with E-state index in [9.17, 15) is 4.79 Å². The van der Waals surface area contributed by atoms with Gasteiger partial charge in [-0.05, 0) is 38.1 Å². The molecule has 0 radical (unpaired) electrons. The number of aromatic nitrogens is 1. The molecule has 1 amide bonds. The first-order valence-corrected chi connectivity index (χ1v) is 7.40. The summed E-state index contributed by atoms with van der Waals surface area (Å²) in [5, 5.41) is 1.24. The Bertz CT molecular complexity index is 554. The van der Waals surface area contributed by atoms with Gasteiger partial charge in [-0.15, -0.1) is 11.3 Å². The second-order valence-electron chi connectivity index (χ2n) is 5.04. The van der Waals surface area contributed by atoms with E-state index in [0.29, 0.717) is 12.5 Å². The molecule has 1 aliphatic rings. The first-order valence-electron chi connectivity index (χ1n) is 6.58. The van der Waals surface area contributed by atoms with E-state index in [1.165, 1.54) is 9.71 Å². The normalized spacial score (nSPS) is 17.9. The van der Waals surface area contributed by atoms with Crippen molar-refractivity contribution in [3.05, 3.63) is 29.3 Å². The highest BCUT2D eigenvalue weighted by Crippen LogP contribution is 2.33. The van der Waals surface area contributed by atoms with E-state index in [4.69, 9.17) is 10.7 Å². The molecule has 1 fully saturated rings. The number of likely N-dealkylation sites (tertiary alicyclic amines) is 1. The van der Waals surface area contributed by atoms with Crippen LogP contribution < -0.4 is 5.73 Å². The highest BCUT2D eigenvalue weighted by Gasteiger charge is 2.23. The first-order chi connectivity index (χ1) is 9.22. The van der Waals surface area contributed by atoms with Crippen LogP contribution in [0.5, 0.6) is 0 Å². The molecule has 4 nitrogen and oxygen atoms in total. The van der Waals surface area contributed by atoms with Gasteiger partial charge in [0.25, 0.3) is 0 Å². The fraction of sp³-hybridized carbons (Fsp3) is 0.429. The van der Waals surface area contributed by atoms with Gasteiger partial charge < -0.3 is 5.73 Å². The maximum absolute atomic E-state index is 10.9. The van der Waals surface area contributed by atoms with E-state index < -0.39 is 0 Å². The minimum atomic E-state index is -0.238. The number of rotatable bonds is 3. The molecule has 0 saturated carbocycles. The number of amides is 1. The molecule has 0 atom stereocenters. The number of nitrogens with zero attached hydrogens (tertiary/aromatic N) is 2. The molecule has 1 aromatic carbocycles. The van der Waals surface area contributed by atoms with E-state index in [2.05, 4.69) is 23.1 Å². The van der Waals surface area contributed by atoms with Crippen LogP contribution in [0.3, 0.4) is 0 Å². The molecule has 0 unspecified atom stereocenters. The summed E-state index contributed by atoms with van der Waals surface area (Å²) in [5.41, 5.74) is 6.33. The second kappa shape index (κ2) is 5.27. The Morgan fingerprint density at radius 2 is 2.11 bits per heavy atom.